The Morgan fingerprint density at radius 1 is 1.33 bits per heavy atom. The summed E-state index contributed by atoms with van der Waals surface area (Å²) in [6, 6.07) is 1.73. The molecule has 0 aromatic carbocycles. The van der Waals surface area contributed by atoms with Crippen LogP contribution in [0, 0.1) is 0 Å². The SMILES string of the molecule is CN(C)CCCCNc1cc(Cl)ncn1. The van der Waals surface area contributed by atoms with Crippen molar-refractivity contribution < 1.29 is 0 Å². The third kappa shape index (κ3) is 5.54. The molecule has 0 unspecified atom stereocenters. The Morgan fingerprint density at radius 3 is 2.80 bits per heavy atom. The van der Waals surface area contributed by atoms with Gasteiger partial charge in [-0.2, -0.15) is 0 Å². The quantitative estimate of drug-likeness (QED) is 0.596. The van der Waals surface area contributed by atoms with Crippen LogP contribution in [0.2, 0.25) is 5.15 Å². The molecule has 0 fully saturated rings. The van der Waals surface area contributed by atoms with Crippen LogP contribution in [-0.4, -0.2) is 42.1 Å². The van der Waals surface area contributed by atoms with Gasteiger partial charge in [-0.05, 0) is 33.5 Å². The molecule has 1 aromatic rings. The summed E-state index contributed by atoms with van der Waals surface area (Å²) >= 11 is 5.73. The second-order valence-corrected chi connectivity index (χ2v) is 4.05. The molecule has 0 radical (unpaired) electrons. The summed E-state index contributed by atoms with van der Waals surface area (Å²) in [5, 5.41) is 3.68. The highest BCUT2D eigenvalue weighted by Crippen LogP contribution is 2.08. The van der Waals surface area contributed by atoms with Crippen molar-refractivity contribution in [3.05, 3.63) is 17.5 Å². The Bertz CT molecular complexity index is 291. The van der Waals surface area contributed by atoms with E-state index in [2.05, 4.69) is 34.3 Å². The van der Waals surface area contributed by atoms with Crippen LogP contribution >= 0.6 is 11.6 Å². The van der Waals surface area contributed by atoms with E-state index in [0.717, 1.165) is 25.3 Å². The van der Waals surface area contributed by atoms with Crippen molar-refractivity contribution in [1.82, 2.24) is 14.9 Å². The summed E-state index contributed by atoms with van der Waals surface area (Å²) in [4.78, 5) is 10.1. The number of anilines is 1. The Labute approximate surface area is 95.7 Å². The average molecular weight is 229 g/mol. The van der Waals surface area contributed by atoms with Gasteiger partial charge in [0.25, 0.3) is 0 Å². The maximum Gasteiger partial charge on any atom is 0.134 e. The molecule has 84 valence electrons. The van der Waals surface area contributed by atoms with Crippen molar-refractivity contribution in [3.63, 3.8) is 0 Å². The molecule has 0 saturated heterocycles. The topological polar surface area (TPSA) is 41.0 Å². The molecule has 1 N–H and O–H groups in total. The lowest BCUT2D eigenvalue weighted by atomic mass is 10.3. The predicted molar refractivity (Wildman–Crippen MR) is 63.3 cm³/mol. The van der Waals surface area contributed by atoms with Crippen LogP contribution in [0.25, 0.3) is 0 Å². The number of nitrogens with one attached hydrogen (secondary N) is 1. The van der Waals surface area contributed by atoms with Gasteiger partial charge < -0.3 is 10.2 Å². The van der Waals surface area contributed by atoms with Crippen LogP contribution in [0.4, 0.5) is 5.82 Å². The molecule has 0 aliphatic carbocycles. The van der Waals surface area contributed by atoms with Gasteiger partial charge in [-0.25, -0.2) is 9.97 Å². The summed E-state index contributed by atoms with van der Waals surface area (Å²) in [5.74, 6) is 0.792. The summed E-state index contributed by atoms with van der Waals surface area (Å²) in [6.07, 6.45) is 3.77. The molecule has 0 saturated carbocycles. The third-order valence-electron chi connectivity index (χ3n) is 1.97. The van der Waals surface area contributed by atoms with Gasteiger partial charge in [-0.15, -0.1) is 0 Å². The number of aromatic nitrogens is 2. The largest absolute Gasteiger partial charge is 0.370 e. The van der Waals surface area contributed by atoms with Crippen molar-refractivity contribution in [2.24, 2.45) is 0 Å². The Balaban J connectivity index is 2.15. The van der Waals surface area contributed by atoms with Crippen molar-refractivity contribution in [2.75, 3.05) is 32.5 Å². The molecule has 1 rings (SSSR count). The Hall–Kier alpha value is -0.870. The average Bonchev–Trinajstić information content (AvgIpc) is 2.17. The zero-order valence-electron chi connectivity index (χ0n) is 9.20. The molecule has 4 nitrogen and oxygen atoms in total. The molecule has 5 heteroatoms. The van der Waals surface area contributed by atoms with Crippen LogP contribution in [-0.2, 0) is 0 Å². The zero-order chi connectivity index (χ0) is 11.1. The molecule has 0 aliphatic heterocycles. The van der Waals surface area contributed by atoms with Crippen LogP contribution in [0.15, 0.2) is 12.4 Å². The molecule has 0 atom stereocenters. The van der Waals surface area contributed by atoms with Gasteiger partial charge in [0.15, 0.2) is 0 Å². The van der Waals surface area contributed by atoms with Gasteiger partial charge in [-0.3, -0.25) is 0 Å². The van der Waals surface area contributed by atoms with Gasteiger partial charge in [0.2, 0.25) is 0 Å². The Kier molecular flexibility index (Phi) is 5.36. The van der Waals surface area contributed by atoms with E-state index in [1.54, 1.807) is 6.07 Å². The first-order valence-electron chi connectivity index (χ1n) is 5.04. The fourth-order valence-corrected chi connectivity index (χ4v) is 1.35. The second-order valence-electron chi connectivity index (χ2n) is 3.66. The highest BCUT2D eigenvalue weighted by Gasteiger charge is 1.95. The molecule has 0 aliphatic rings. The van der Waals surface area contributed by atoms with E-state index in [1.807, 2.05) is 0 Å². The smallest absolute Gasteiger partial charge is 0.134 e. The van der Waals surface area contributed by atoms with Gasteiger partial charge in [0.1, 0.15) is 17.3 Å². The van der Waals surface area contributed by atoms with E-state index in [0.29, 0.717) is 5.15 Å². The summed E-state index contributed by atoms with van der Waals surface area (Å²) in [6.45, 7) is 2.04. The van der Waals surface area contributed by atoms with Crippen molar-refractivity contribution in [1.29, 1.82) is 0 Å². The molecule has 0 spiro atoms. The van der Waals surface area contributed by atoms with Crippen molar-refractivity contribution >= 4 is 17.4 Å². The van der Waals surface area contributed by atoms with Gasteiger partial charge >= 0.3 is 0 Å². The van der Waals surface area contributed by atoms with Gasteiger partial charge in [0.05, 0.1) is 0 Å². The Morgan fingerprint density at radius 2 is 2.13 bits per heavy atom. The van der Waals surface area contributed by atoms with Crippen LogP contribution in [0.5, 0.6) is 0 Å². The van der Waals surface area contributed by atoms with Crippen molar-refractivity contribution in [2.45, 2.75) is 12.8 Å². The molecular weight excluding hydrogens is 212 g/mol. The predicted octanol–water partition coefficient (Wildman–Crippen LogP) is 1.88. The number of halogens is 1. The first-order valence-corrected chi connectivity index (χ1v) is 5.42. The molecular formula is C10H17ClN4. The van der Waals surface area contributed by atoms with E-state index < -0.39 is 0 Å². The number of hydrogen-bond donors (Lipinski definition) is 1. The van der Waals surface area contributed by atoms with E-state index in [9.17, 15) is 0 Å². The van der Waals surface area contributed by atoms with E-state index in [4.69, 9.17) is 11.6 Å². The summed E-state index contributed by atoms with van der Waals surface area (Å²) in [7, 11) is 4.16. The maximum absolute atomic E-state index is 5.73. The minimum Gasteiger partial charge on any atom is -0.370 e. The maximum atomic E-state index is 5.73. The molecule has 15 heavy (non-hydrogen) atoms. The molecule has 0 amide bonds. The number of unbranched alkanes of at least 4 members (excludes halogenated alkanes) is 1. The molecule has 1 aromatic heterocycles. The normalized spacial score (nSPS) is 10.7. The van der Waals surface area contributed by atoms with E-state index in [-0.39, 0.29) is 0 Å². The van der Waals surface area contributed by atoms with Crippen LogP contribution in [0.1, 0.15) is 12.8 Å². The first kappa shape index (κ1) is 12.2. The lowest BCUT2D eigenvalue weighted by Gasteiger charge is -2.09. The van der Waals surface area contributed by atoms with E-state index in [1.165, 1.54) is 12.7 Å². The summed E-state index contributed by atoms with van der Waals surface area (Å²) < 4.78 is 0. The van der Waals surface area contributed by atoms with Crippen LogP contribution in [0.3, 0.4) is 0 Å². The lowest BCUT2D eigenvalue weighted by molar-refractivity contribution is 0.396. The minimum atomic E-state index is 0.473. The van der Waals surface area contributed by atoms with Gasteiger partial charge in [-0.1, -0.05) is 11.6 Å². The third-order valence-corrected chi connectivity index (χ3v) is 2.18. The van der Waals surface area contributed by atoms with E-state index >= 15 is 0 Å². The monoisotopic (exact) mass is 228 g/mol. The number of hydrogen-bond acceptors (Lipinski definition) is 4. The first-order chi connectivity index (χ1) is 7.18. The minimum absolute atomic E-state index is 0.473. The second kappa shape index (κ2) is 6.58. The van der Waals surface area contributed by atoms with Crippen LogP contribution < -0.4 is 5.32 Å². The van der Waals surface area contributed by atoms with Gasteiger partial charge in [0, 0.05) is 12.6 Å². The fraction of sp³-hybridized carbons (Fsp3) is 0.600. The number of rotatable bonds is 6. The molecule has 0 bridgehead atoms. The highest BCUT2D eigenvalue weighted by molar-refractivity contribution is 6.29. The molecule has 1 heterocycles. The number of nitrogens with zero attached hydrogens (tertiary/aromatic N) is 3. The fourth-order valence-electron chi connectivity index (χ4n) is 1.20. The lowest BCUT2D eigenvalue weighted by Crippen LogP contribution is -2.14. The highest BCUT2D eigenvalue weighted by atomic mass is 35.5. The van der Waals surface area contributed by atoms with Crippen molar-refractivity contribution in [3.8, 4) is 0 Å². The summed E-state index contributed by atoms with van der Waals surface area (Å²) in [5.41, 5.74) is 0. The standard InChI is InChI=1S/C10H17ClN4/c1-15(2)6-4-3-5-12-10-7-9(11)13-8-14-10/h7-8H,3-6H2,1-2H3,(H,12,13,14). The zero-order valence-corrected chi connectivity index (χ0v) is 9.96.